The lowest BCUT2D eigenvalue weighted by Gasteiger charge is -2.08. The summed E-state index contributed by atoms with van der Waals surface area (Å²) in [6, 6.07) is 8.46. The summed E-state index contributed by atoms with van der Waals surface area (Å²) in [4.78, 5) is 11.5. The van der Waals surface area contributed by atoms with Crippen LogP contribution in [0, 0.1) is 17.5 Å². The second-order valence-corrected chi connectivity index (χ2v) is 4.26. The van der Waals surface area contributed by atoms with Gasteiger partial charge in [-0.05, 0) is 18.2 Å². The van der Waals surface area contributed by atoms with Crippen LogP contribution in [-0.4, -0.2) is 12.5 Å². The average molecular weight is 295 g/mol. The van der Waals surface area contributed by atoms with Gasteiger partial charge in [-0.1, -0.05) is 12.1 Å². The summed E-state index contributed by atoms with van der Waals surface area (Å²) in [6.07, 6.45) is 0. The van der Waals surface area contributed by atoms with Crippen LogP contribution < -0.4 is 10.1 Å². The monoisotopic (exact) mass is 295 g/mol. The Morgan fingerprint density at radius 1 is 1.05 bits per heavy atom. The van der Waals surface area contributed by atoms with Crippen LogP contribution in [0.2, 0.25) is 0 Å². The van der Waals surface area contributed by atoms with Gasteiger partial charge in [0.15, 0.2) is 6.61 Å². The number of hydrogen-bond donors (Lipinski definition) is 1. The van der Waals surface area contributed by atoms with Gasteiger partial charge >= 0.3 is 0 Å². The highest BCUT2D eigenvalue weighted by atomic mass is 19.1. The molecule has 0 spiro atoms. The molecule has 0 radical (unpaired) electrons. The molecule has 0 aromatic heterocycles. The van der Waals surface area contributed by atoms with Crippen molar-refractivity contribution in [2.75, 3.05) is 6.61 Å². The van der Waals surface area contributed by atoms with Crippen LogP contribution in [0.25, 0.3) is 0 Å². The van der Waals surface area contributed by atoms with Gasteiger partial charge in [0, 0.05) is 24.2 Å². The van der Waals surface area contributed by atoms with Crippen LogP contribution in [0.1, 0.15) is 5.56 Å². The van der Waals surface area contributed by atoms with E-state index in [4.69, 9.17) is 4.74 Å². The van der Waals surface area contributed by atoms with Crippen molar-refractivity contribution in [2.24, 2.45) is 0 Å². The Kier molecular flexibility index (Phi) is 4.81. The third kappa shape index (κ3) is 4.52. The lowest BCUT2D eigenvalue weighted by atomic mass is 10.2. The molecule has 0 bridgehead atoms. The van der Waals surface area contributed by atoms with Crippen molar-refractivity contribution in [2.45, 2.75) is 6.54 Å². The van der Waals surface area contributed by atoms with Crippen molar-refractivity contribution in [3.05, 3.63) is 65.5 Å². The number of nitrogens with one attached hydrogen (secondary N) is 1. The van der Waals surface area contributed by atoms with Gasteiger partial charge in [0.05, 0.1) is 0 Å². The molecule has 21 heavy (non-hydrogen) atoms. The zero-order valence-corrected chi connectivity index (χ0v) is 10.9. The van der Waals surface area contributed by atoms with Gasteiger partial charge in [-0.25, -0.2) is 13.2 Å². The second kappa shape index (κ2) is 6.78. The van der Waals surface area contributed by atoms with E-state index in [1.165, 1.54) is 24.3 Å². The standard InChI is InChI=1S/C15H12F3NO2/c16-11-2-1-3-13(6-11)21-9-15(20)19-8-10-4-5-12(17)7-14(10)18/h1-7H,8-9H2,(H,19,20). The molecule has 1 amide bonds. The predicted molar refractivity (Wildman–Crippen MR) is 70.1 cm³/mol. The molecule has 3 nitrogen and oxygen atoms in total. The van der Waals surface area contributed by atoms with E-state index >= 15 is 0 Å². The molecular formula is C15H12F3NO2. The Morgan fingerprint density at radius 3 is 2.52 bits per heavy atom. The minimum absolute atomic E-state index is 0.0859. The summed E-state index contributed by atoms with van der Waals surface area (Å²) in [5, 5.41) is 2.42. The molecule has 0 aliphatic rings. The van der Waals surface area contributed by atoms with E-state index in [9.17, 15) is 18.0 Å². The Hall–Kier alpha value is -2.50. The van der Waals surface area contributed by atoms with Crippen molar-refractivity contribution >= 4 is 5.91 Å². The number of halogens is 3. The molecule has 0 aliphatic carbocycles. The summed E-state index contributed by atoms with van der Waals surface area (Å²) >= 11 is 0. The molecule has 0 fully saturated rings. The topological polar surface area (TPSA) is 38.3 Å². The molecule has 1 N–H and O–H groups in total. The fourth-order valence-corrected chi connectivity index (χ4v) is 1.62. The minimum atomic E-state index is -0.735. The normalized spacial score (nSPS) is 10.2. The first-order chi connectivity index (χ1) is 10.0. The number of ether oxygens (including phenoxy) is 1. The van der Waals surface area contributed by atoms with E-state index in [-0.39, 0.29) is 24.5 Å². The van der Waals surface area contributed by atoms with E-state index in [1.54, 1.807) is 0 Å². The number of carbonyl (C=O) groups is 1. The third-order valence-corrected chi connectivity index (χ3v) is 2.66. The summed E-state index contributed by atoms with van der Waals surface area (Å²) < 4.78 is 44.0. The van der Waals surface area contributed by atoms with Crippen LogP contribution in [-0.2, 0) is 11.3 Å². The molecule has 0 unspecified atom stereocenters. The fourth-order valence-electron chi connectivity index (χ4n) is 1.62. The van der Waals surface area contributed by atoms with Gasteiger partial charge in [-0.2, -0.15) is 0 Å². The number of carbonyl (C=O) groups excluding carboxylic acids is 1. The number of rotatable bonds is 5. The maximum atomic E-state index is 13.3. The minimum Gasteiger partial charge on any atom is -0.484 e. The van der Waals surface area contributed by atoms with Crippen LogP contribution in [0.15, 0.2) is 42.5 Å². The lowest BCUT2D eigenvalue weighted by Crippen LogP contribution is -2.28. The van der Waals surface area contributed by atoms with Crippen molar-refractivity contribution in [3.8, 4) is 5.75 Å². The Morgan fingerprint density at radius 2 is 1.81 bits per heavy atom. The van der Waals surface area contributed by atoms with Crippen molar-refractivity contribution in [1.29, 1.82) is 0 Å². The Balaban J connectivity index is 1.82. The summed E-state index contributed by atoms with van der Waals surface area (Å²) in [5.41, 5.74) is 0.163. The largest absolute Gasteiger partial charge is 0.484 e. The van der Waals surface area contributed by atoms with Crippen molar-refractivity contribution in [3.63, 3.8) is 0 Å². The third-order valence-electron chi connectivity index (χ3n) is 2.66. The summed E-state index contributed by atoms with van der Waals surface area (Å²) in [5.74, 6) is -2.17. The highest BCUT2D eigenvalue weighted by Gasteiger charge is 2.07. The van der Waals surface area contributed by atoms with E-state index < -0.39 is 23.4 Å². The van der Waals surface area contributed by atoms with E-state index in [1.807, 2.05) is 0 Å². The highest BCUT2D eigenvalue weighted by Crippen LogP contribution is 2.12. The maximum Gasteiger partial charge on any atom is 0.258 e. The van der Waals surface area contributed by atoms with Crippen molar-refractivity contribution in [1.82, 2.24) is 5.32 Å². The first-order valence-corrected chi connectivity index (χ1v) is 6.13. The molecule has 0 saturated heterocycles. The molecule has 2 rings (SSSR count). The van der Waals surface area contributed by atoms with Gasteiger partial charge in [0.2, 0.25) is 0 Å². The van der Waals surface area contributed by atoms with Gasteiger partial charge in [-0.15, -0.1) is 0 Å². The zero-order valence-electron chi connectivity index (χ0n) is 10.9. The summed E-state index contributed by atoms with van der Waals surface area (Å²) in [7, 11) is 0. The van der Waals surface area contributed by atoms with Crippen LogP contribution in [0.5, 0.6) is 5.75 Å². The second-order valence-electron chi connectivity index (χ2n) is 4.26. The van der Waals surface area contributed by atoms with Crippen LogP contribution in [0.4, 0.5) is 13.2 Å². The SMILES string of the molecule is O=C(COc1cccc(F)c1)NCc1ccc(F)cc1F. The molecule has 0 saturated carbocycles. The summed E-state index contributed by atoms with van der Waals surface area (Å²) in [6.45, 7) is -0.413. The van der Waals surface area contributed by atoms with E-state index in [2.05, 4.69) is 5.32 Å². The Bertz CT molecular complexity index is 647. The number of benzene rings is 2. The van der Waals surface area contributed by atoms with Crippen molar-refractivity contribution < 1.29 is 22.7 Å². The quantitative estimate of drug-likeness (QED) is 0.921. The molecule has 0 heterocycles. The Labute approximate surface area is 119 Å². The first kappa shape index (κ1) is 14.9. The van der Waals surface area contributed by atoms with Gasteiger partial charge in [0.1, 0.15) is 23.2 Å². The predicted octanol–water partition coefficient (Wildman–Crippen LogP) is 2.80. The molecule has 2 aromatic carbocycles. The molecule has 6 heteroatoms. The van der Waals surface area contributed by atoms with Gasteiger partial charge < -0.3 is 10.1 Å². The molecule has 2 aromatic rings. The number of hydrogen-bond acceptors (Lipinski definition) is 2. The highest BCUT2D eigenvalue weighted by molar-refractivity contribution is 5.77. The van der Waals surface area contributed by atoms with Gasteiger partial charge in [-0.3, -0.25) is 4.79 Å². The molecule has 110 valence electrons. The van der Waals surface area contributed by atoms with E-state index in [0.29, 0.717) is 0 Å². The fraction of sp³-hybridized carbons (Fsp3) is 0.133. The molecular weight excluding hydrogens is 283 g/mol. The molecule has 0 atom stereocenters. The lowest BCUT2D eigenvalue weighted by molar-refractivity contribution is -0.123. The van der Waals surface area contributed by atoms with Gasteiger partial charge in [0.25, 0.3) is 5.91 Å². The smallest absolute Gasteiger partial charge is 0.258 e. The molecule has 0 aliphatic heterocycles. The van der Waals surface area contributed by atoms with E-state index in [0.717, 1.165) is 18.2 Å². The first-order valence-electron chi connectivity index (χ1n) is 6.13. The average Bonchev–Trinajstić information content (AvgIpc) is 2.44. The van der Waals surface area contributed by atoms with Crippen LogP contribution >= 0.6 is 0 Å². The van der Waals surface area contributed by atoms with Crippen LogP contribution in [0.3, 0.4) is 0 Å². The zero-order chi connectivity index (χ0) is 15.2. The number of amides is 1. The maximum absolute atomic E-state index is 13.3.